The third kappa shape index (κ3) is 3.71. The number of aliphatic hydroxyl groups excluding tert-OH is 1. The number of aliphatic imine (C=N–C) groups is 1. The maximum absolute atomic E-state index is 10.1. The van der Waals surface area contributed by atoms with Crippen LogP contribution in [0.15, 0.2) is 41.5 Å². The Kier molecular flexibility index (Phi) is 5.67. The van der Waals surface area contributed by atoms with Crippen LogP contribution in [0.5, 0.6) is 5.75 Å². The molecule has 0 radical (unpaired) electrons. The molecule has 2 aromatic rings. The van der Waals surface area contributed by atoms with Crippen LogP contribution in [0.1, 0.15) is 41.6 Å². The Labute approximate surface area is 131 Å². The van der Waals surface area contributed by atoms with E-state index in [0.717, 1.165) is 6.42 Å². The van der Waals surface area contributed by atoms with Crippen LogP contribution in [0.2, 0.25) is 0 Å². The van der Waals surface area contributed by atoms with Gasteiger partial charge in [-0.25, -0.2) is 0 Å². The van der Waals surface area contributed by atoms with Crippen molar-refractivity contribution >= 4 is 6.21 Å². The van der Waals surface area contributed by atoms with Crippen molar-refractivity contribution in [3.63, 3.8) is 0 Å². The lowest BCUT2D eigenvalue weighted by atomic mass is 9.97. The first-order chi connectivity index (χ1) is 10.7. The SMILES string of the molecule is CC[C@@H](CN=Cc1c(CO)cnc(C)c1O)c1ccccc1. The fourth-order valence-corrected chi connectivity index (χ4v) is 2.39. The molecule has 0 saturated heterocycles. The second kappa shape index (κ2) is 7.71. The quantitative estimate of drug-likeness (QED) is 0.805. The van der Waals surface area contributed by atoms with Gasteiger partial charge in [-0.05, 0) is 18.9 Å². The van der Waals surface area contributed by atoms with Crippen molar-refractivity contribution in [1.82, 2.24) is 4.98 Å². The van der Waals surface area contributed by atoms with E-state index in [1.807, 2.05) is 18.2 Å². The predicted molar refractivity (Wildman–Crippen MR) is 88.5 cm³/mol. The topological polar surface area (TPSA) is 65.7 Å². The van der Waals surface area contributed by atoms with E-state index in [0.29, 0.717) is 29.3 Å². The minimum atomic E-state index is -0.169. The van der Waals surface area contributed by atoms with Crippen molar-refractivity contribution in [2.75, 3.05) is 6.54 Å². The first kappa shape index (κ1) is 16.2. The summed E-state index contributed by atoms with van der Waals surface area (Å²) in [4.78, 5) is 8.52. The Balaban J connectivity index is 2.17. The first-order valence-corrected chi connectivity index (χ1v) is 7.50. The maximum Gasteiger partial charge on any atom is 0.145 e. The van der Waals surface area contributed by atoms with E-state index in [9.17, 15) is 10.2 Å². The lowest BCUT2D eigenvalue weighted by Gasteiger charge is -2.12. The largest absolute Gasteiger partial charge is 0.505 e. The van der Waals surface area contributed by atoms with E-state index in [4.69, 9.17) is 0 Å². The summed E-state index contributed by atoms with van der Waals surface area (Å²) in [7, 11) is 0. The van der Waals surface area contributed by atoms with Crippen molar-refractivity contribution in [1.29, 1.82) is 0 Å². The van der Waals surface area contributed by atoms with Crippen LogP contribution < -0.4 is 0 Å². The van der Waals surface area contributed by atoms with Gasteiger partial charge in [-0.1, -0.05) is 37.3 Å². The second-order valence-electron chi connectivity index (χ2n) is 5.30. The van der Waals surface area contributed by atoms with Crippen molar-refractivity contribution < 1.29 is 10.2 Å². The Bertz CT molecular complexity index is 639. The zero-order valence-corrected chi connectivity index (χ0v) is 13.0. The number of benzene rings is 1. The molecule has 2 N–H and O–H groups in total. The number of hydrogen-bond acceptors (Lipinski definition) is 4. The van der Waals surface area contributed by atoms with Gasteiger partial charge >= 0.3 is 0 Å². The van der Waals surface area contributed by atoms with Gasteiger partial charge in [0, 0.05) is 36.0 Å². The summed E-state index contributed by atoms with van der Waals surface area (Å²) in [5.74, 6) is 0.433. The van der Waals surface area contributed by atoms with Crippen molar-refractivity contribution in [2.45, 2.75) is 32.8 Å². The van der Waals surface area contributed by atoms with Crippen molar-refractivity contribution in [2.24, 2.45) is 4.99 Å². The van der Waals surface area contributed by atoms with Crippen LogP contribution in [0.4, 0.5) is 0 Å². The predicted octanol–water partition coefficient (Wildman–Crippen LogP) is 3.20. The van der Waals surface area contributed by atoms with Gasteiger partial charge in [-0.3, -0.25) is 9.98 Å². The summed E-state index contributed by atoms with van der Waals surface area (Å²) < 4.78 is 0. The molecule has 0 aliphatic rings. The molecule has 4 nitrogen and oxygen atoms in total. The van der Waals surface area contributed by atoms with Gasteiger partial charge in [0.25, 0.3) is 0 Å². The van der Waals surface area contributed by atoms with Gasteiger partial charge in [-0.2, -0.15) is 0 Å². The minimum absolute atomic E-state index is 0.0862. The van der Waals surface area contributed by atoms with E-state index in [-0.39, 0.29) is 12.4 Å². The van der Waals surface area contributed by atoms with Gasteiger partial charge in [0.1, 0.15) is 5.75 Å². The molecule has 1 heterocycles. The number of nitrogens with zero attached hydrogens (tertiary/aromatic N) is 2. The van der Waals surface area contributed by atoms with Crippen LogP contribution >= 0.6 is 0 Å². The number of aromatic nitrogens is 1. The number of aromatic hydroxyl groups is 1. The highest BCUT2D eigenvalue weighted by Crippen LogP contribution is 2.23. The van der Waals surface area contributed by atoms with Crippen LogP contribution in [0.25, 0.3) is 0 Å². The normalized spacial score (nSPS) is 12.7. The van der Waals surface area contributed by atoms with Gasteiger partial charge < -0.3 is 10.2 Å². The molecular weight excluding hydrogens is 276 g/mol. The standard InChI is InChI=1S/C18H22N2O2/c1-3-14(15-7-5-4-6-8-15)9-19-11-17-16(12-21)10-20-13(2)18(17)22/h4-8,10-11,14,21-22H,3,9,12H2,1-2H3/t14-/m0/s1. The number of aryl methyl sites for hydroxylation is 1. The lowest BCUT2D eigenvalue weighted by molar-refractivity contribution is 0.280. The average molecular weight is 298 g/mol. The molecule has 1 aromatic heterocycles. The highest BCUT2D eigenvalue weighted by molar-refractivity contribution is 5.85. The molecular formula is C18H22N2O2. The molecule has 4 heteroatoms. The third-order valence-corrected chi connectivity index (χ3v) is 3.84. The number of aliphatic hydroxyl groups is 1. The van der Waals surface area contributed by atoms with Gasteiger partial charge in [-0.15, -0.1) is 0 Å². The lowest BCUT2D eigenvalue weighted by Crippen LogP contribution is -2.03. The van der Waals surface area contributed by atoms with E-state index in [1.54, 1.807) is 19.3 Å². The summed E-state index contributed by atoms with van der Waals surface area (Å²) in [5, 5.41) is 19.4. The molecule has 0 unspecified atom stereocenters. The molecule has 22 heavy (non-hydrogen) atoms. The number of pyridine rings is 1. The Morgan fingerprint density at radius 1 is 1.27 bits per heavy atom. The fourth-order valence-electron chi connectivity index (χ4n) is 2.39. The monoisotopic (exact) mass is 298 g/mol. The van der Waals surface area contributed by atoms with E-state index < -0.39 is 0 Å². The molecule has 0 amide bonds. The van der Waals surface area contributed by atoms with E-state index >= 15 is 0 Å². The maximum atomic E-state index is 10.1. The average Bonchev–Trinajstić information content (AvgIpc) is 2.56. The zero-order valence-electron chi connectivity index (χ0n) is 13.0. The molecule has 0 fully saturated rings. The van der Waals surface area contributed by atoms with Gasteiger partial charge in [0.2, 0.25) is 0 Å². The summed E-state index contributed by atoms with van der Waals surface area (Å²) in [6.07, 6.45) is 4.21. The van der Waals surface area contributed by atoms with Gasteiger partial charge in [0.05, 0.1) is 12.3 Å². The van der Waals surface area contributed by atoms with E-state index in [1.165, 1.54) is 5.56 Å². The van der Waals surface area contributed by atoms with E-state index in [2.05, 4.69) is 29.0 Å². The van der Waals surface area contributed by atoms with Crippen molar-refractivity contribution in [3.05, 3.63) is 58.9 Å². The van der Waals surface area contributed by atoms with Crippen molar-refractivity contribution in [3.8, 4) is 5.75 Å². The molecule has 1 atom stereocenters. The fraction of sp³-hybridized carbons (Fsp3) is 0.333. The summed E-state index contributed by atoms with van der Waals surface area (Å²) in [6.45, 7) is 4.34. The van der Waals surface area contributed by atoms with Gasteiger partial charge in [0.15, 0.2) is 0 Å². The molecule has 0 bridgehead atoms. The molecule has 1 aromatic carbocycles. The summed E-state index contributed by atoms with van der Waals surface area (Å²) in [6, 6.07) is 10.3. The summed E-state index contributed by atoms with van der Waals surface area (Å²) >= 11 is 0. The van der Waals surface area contributed by atoms with Crippen LogP contribution in [0.3, 0.4) is 0 Å². The van der Waals surface area contributed by atoms with Crippen LogP contribution in [-0.4, -0.2) is 28.0 Å². The second-order valence-corrected chi connectivity index (χ2v) is 5.30. The van der Waals surface area contributed by atoms with Crippen LogP contribution in [-0.2, 0) is 6.61 Å². The molecule has 2 rings (SSSR count). The molecule has 0 aliphatic heterocycles. The number of rotatable bonds is 6. The zero-order chi connectivity index (χ0) is 15.9. The molecule has 0 aliphatic carbocycles. The smallest absolute Gasteiger partial charge is 0.145 e. The Morgan fingerprint density at radius 3 is 2.64 bits per heavy atom. The third-order valence-electron chi connectivity index (χ3n) is 3.84. The summed E-state index contributed by atoms with van der Waals surface area (Å²) in [5.41, 5.74) is 2.94. The minimum Gasteiger partial charge on any atom is -0.505 e. The Morgan fingerprint density at radius 2 is 2.00 bits per heavy atom. The highest BCUT2D eigenvalue weighted by Gasteiger charge is 2.10. The van der Waals surface area contributed by atoms with Crippen LogP contribution in [0, 0.1) is 6.92 Å². The molecule has 0 spiro atoms. The Hall–Kier alpha value is -2.20. The number of hydrogen-bond donors (Lipinski definition) is 2. The molecule has 0 saturated carbocycles. The highest BCUT2D eigenvalue weighted by atomic mass is 16.3. The first-order valence-electron chi connectivity index (χ1n) is 7.50. The molecule has 116 valence electrons.